The fourth-order valence-electron chi connectivity index (χ4n) is 8.46. The maximum atomic E-state index is 12.3. The number of allylic oxidation sites excluding steroid dienone is 1. The number of carbonyl (C=O) groups excluding carboxylic acids is 1. The van der Waals surface area contributed by atoms with Gasteiger partial charge in [0.2, 0.25) is 5.78 Å². The van der Waals surface area contributed by atoms with Gasteiger partial charge in [-0.1, -0.05) is 13.8 Å². The van der Waals surface area contributed by atoms with E-state index >= 15 is 0 Å². The fraction of sp³-hybridized carbons (Fsp3) is 0.875. The Labute approximate surface area is 178 Å². The first-order chi connectivity index (χ1) is 14.1. The van der Waals surface area contributed by atoms with Gasteiger partial charge >= 0.3 is 5.70 Å². The SMILES string of the molecule is CC1(C)OCC([C@H]2CCC3C4CCC5=C([N+](=O)[O-])C(=O)CCC5(C)C4CCC32C)O1. The van der Waals surface area contributed by atoms with Crippen molar-refractivity contribution in [3.63, 3.8) is 0 Å². The van der Waals surface area contributed by atoms with Crippen molar-refractivity contribution >= 4 is 5.78 Å². The van der Waals surface area contributed by atoms with Gasteiger partial charge in [0.1, 0.15) is 0 Å². The number of fused-ring (bicyclic) bond motifs is 5. The van der Waals surface area contributed by atoms with Crippen LogP contribution >= 0.6 is 0 Å². The van der Waals surface area contributed by atoms with E-state index in [0.717, 1.165) is 31.3 Å². The first-order valence-electron chi connectivity index (χ1n) is 11.8. The van der Waals surface area contributed by atoms with Gasteiger partial charge in [0.05, 0.1) is 17.6 Å². The number of nitro groups is 1. The molecule has 0 radical (unpaired) electrons. The van der Waals surface area contributed by atoms with Crippen LogP contribution in [0.1, 0.15) is 79.1 Å². The molecule has 0 aromatic rings. The van der Waals surface area contributed by atoms with Crippen LogP contribution in [0.4, 0.5) is 0 Å². The van der Waals surface area contributed by atoms with Crippen LogP contribution in [0.3, 0.4) is 0 Å². The zero-order chi connectivity index (χ0) is 21.5. The van der Waals surface area contributed by atoms with Gasteiger partial charge in [0, 0.05) is 12.0 Å². The Kier molecular flexibility index (Phi) is 4.55. The predicted molar refractivity (Wildman–Crippen MR) is 111 cm³/mol. The summed E-state index contributed by atoms with van der Waals surface area (Å²) in [5.74, 6) is 1.48. The molecule has 1 aliphatic heterocycles. The molecule has 6 unspecified atom stereocenters. The molecule has 6 nitrogen and oxygen atoms in total. The van der Waals surface area contributed by atoms with Gasteiger partial charge < -0.3 is 9.47 Å². The molecule has 5 rings (SSSR count). The standard InChI is InChI=1S/C24H35NO5/c1-22(2)29-13-20(30-22)17-8-7-15-14-5-6-18-21(25(27)28)19(26)10-12-24(18,4)16(14)9-11-23(15,17)3/h14-17,20H,5-13H2,1-4H3/t14?,15?,16?,17-,20?,23?,24?/m1/s1. The highest BCUT2D eigenvalue weighted by Gasteiger charge is 2.62. The smallest absolute Gasteiger partial charge is 0.311 e. The Balaban J connectivity index is 1.44. The molecular formula is C24H35NO5. The second-order valence-electron chi connectivity index (χ2n) is 11.4. The number of carbonyl (C=O) groups is 1. The molecule has 5 aliphatic rings. The van der Waals surface area contributed by atoms with Crippen LogP contribution in [-0.2, 0) is 14.3 Å². The molecule has 4 fully saturated rings. The predicted octanol–water partition coefficient (Wildman–Crippen LogP) is 4.89. The molecule has 7 atom stereocenters. The van der Waals surface area contributed by atoms with Gasteiger partial charge in [-0.3, -0.25) is 14.9 Å². The first-order valence-corrected chi connectivity index (χ1v) is 11.8. The van der Waals surface area contributed by atoms with Crippen molar-refractivity contribution in [2.45, 2.75) is 91.0 Å². The minimum atomic E-state index is -0.484. The van der Waals surface area contributed by atoms with E-state index in [9.17, 15) is 14.9 Å². The highest BCUT2D eigenvalue weighted by Crippen LogP contribution is 2.67. The third kappa shape index (κ3) is 2.78. The molecule has 0 bridgehead atoms. The van der Waals surface area contributed by atoms with Crippen molar-refractivity contribution in [3.8, 4) is 0 Å². The van der Waals surface area contributed by atoms with Crippen LogP contribution in [-0.4, -0.2) is 29.2 Å². The van der Waals surface area contributed by atoms with Gasteiger partial charge in [-0.05, 0) is 93.3 Å². The molecule has 0 spiro atoms. The number of Topliss-reactive ketones (excluding diaryl/α,β-unsaturated/α-hetero) is 1. The highest BCUT2D eigenvalue weighted by atomic mass is 16.7. The minimum Gasteiger partial charge on any atom is -0.348 e. The second kappa shape index (κ2) is 6.61. The molecule has 0 aromatic carbocycles. The molecule has 3 saturated carbocycles. The van der Waals surface area contributed by atoms with Crippen LogP contribution < -0.4 is 0 Å². The Morgan fingerprint density at radius 1 is 0.967 bits per heavy atom. The lowest BCUT2D eigenvalue weighted by Crippen LogP contribution is -2.52. The first kappa shape index (κ1) is 20.6. The molecule has 166 valence electrons. The number of rotatable bonds is 2. The lowest BCUT2D eigenvalue weighted by molar-refractivity contribution is -0.422. The van der Waals surface area contributed by atoms with Crippen LogP contribution in [0.15, 0.2) is 11.3 Å². The summed E-state index contributed by atoms with van der Waals surface area (Å²) in [6, 6.07) is 0. The number of ether oxygens (including phenoxy) is 2. The Bertz CT molecular complexity index is 818. The quantitative estimate of drug-likeness (QED) is 0.472. The van der Waals surface area contributed by atoms with E-state index in [1.54, 1.807) is 0 Å². The third-order valence-electron chi connectivity index (χ3n) is 9.83. The van der Waals surface area contributed by atoms with Gasteiger partial charge in [-0.15, -0.1) is 0 Å². The molecular weight excluding hydrogens is 382 g/mol. The molecule has 6 heteroatoms. The molecule has 1 saturated heterocycles. The van der Waals surface area contributed by atoms with E-state index in [1.165, 1.54) is 12.8 Å². The fourth-order valence-corrected chi connectivity index (χ4v) is 8.46. The van der Waals surface area contributed by atoms with Gasteiger partial charge in [-0.25, -0.2) is 0 Å². The van der Waals surface area contributed by atoms with Gasteiger partial charge in [-0.2, -0.15) is 0 Å². The molecule has 30 heavy (non-hydrogen) atoms. The number of nitrogens with zero attached hydrogens (tertiary/aromatic N) is 1. The molecule has 1 heterocycles. The number of ketones is 1. The molecule has 4 aliphatic carbocycles. The van der Waals surface area contributed by atoms with Gasteiger partial charge in [0.15, 0.2) is 5.79 Å². The van der Waals surface area contributed by atoms with E-state index in [-0.39, 0.29) is 28.4 Å². The molecule has 0 N–H and O–H groups in total. The summed E-state index contributed by atoms with van der Waals surface area (Å²) in [7, 11) is 0. The van der Waals surface area contributed by atoms with Crippen LogP contribution in [0, 0.1) is 44.6 Å². The van der Waals surface area contributed by atoms with Crippen LogP contribution in [0.25, 0.3) is 0 Å². The number of hydrogen-bond acceptors (Lipinski definition) is 5. The highest BCUT2D eigenvalue weighted by molar-refractivity contribution is 5.95. The van der Waals surface area contributed by atoms with E-state index in [2.05, 4.69) is 13.8 Å². The normalized spacial score (nSPS) is 47.6. The van der Waals surface area contributed by atoms with E-state index in [4.69, 9.17) is 9.47 Å². The van der Waals surface area contributed by atoms with E-state index < -0.39 is 10.7 Å². The Morgan fingerprint density at radius 3 is 2.37 bits per heavy atom. The van der Waals surface area contributed by atoms with Crippen LogP contribution in [0.2, 0.25) is 0 Å². The maximum absolute atomic E-state index is 12.3. The average Bonchev–Trinajstić information content (AvgIpc) is 3.20. The van der Waals surface area contributed by atoms with Crippen molar-refractivity contribution in [2.24, 2.45) is 34.5 Å². The molecule has 0 amide bonds. The lowest BCUT2D eigenvalue weighted by atomic mass is 9.46. The van der Waals surface area contributed by atoms with Crippen molar-refractivity contribution < 1.29 is 19.2 Å². The van der Waals surface area contributed by atoms with E-state index in [0.29, 0.717) is 43.1 Å². The largest absolute Gasteiger partial charge is 0.348 e. The lowest BCUT2D eigenvalue weighted by Gasteiger charge is -2.58. The topological polar surface area (TPSA) is 78.7 Å². The minimum absolute atomic E-state index is 0.0708. The number of hydrogen-bond donors (Lipinski definition) is 0. The van der Waals surface area contributed by atoms with Crippen LogP contribution in [0.5, 0.6) is 0 Å². The van der Waals surface area contributed by atoms with Crippen molar-refractivity contribution in [1.29, 1.82) is 0 Å². The van der Waals surface area contributed by atoms with Crippen molar-refractivity contribution in [2.75, 3.05) is 6.61 Å². The Morgan fingerprint density at radius 2 is 1.70 bits per heavy atom. The summed E-state index contributed by atoms with van der Waals surface area (Å²) in [5.41, 5.74) is 0.855. The average molecular weight is 418 g/mol. The zero-order valence-electron chi connectivity index (χ0n) is 18.7. The second-order valence-corrected chi connectivity index (χ2v) is 11.4. The summed E-state index contributed by atoms with van der Waals surface area (Å²) >= 11 is 0. The Hall–Kier alpha value is -1.27. The summed E-state index contributed by atoms with van der Waals surface area (Å²) in [6.45, 7) is 9.39. The van der Waals surface area contributed by atoms with Crippen molar-refractivity contribution in [1.82, 2.24) is 0 Å². The molecule has 0 aromatic heterocycles. The summed E-state index contributed by atoms with van der Waals surface area (Å²) < 4.78 is 12.2. The summed E-state index contributed by atoms with van der Waals surface area (Å²) in [6.07, 6.45) is 7.64. The van der Waals surface area contributed by atoms with Crippen molar-refractivity contribution in [3.05, 3.63) is 21.4 Å². The monoisotopic (exact) mass is 417 g/mol. The van der Waals surface area contributed by atoms with E-state index in [1.807, 2.05) is 13.8 Å². The maximum Gasteiger partial charge on any atom is 0.311 e. The van der Waals surface area contributed by atoms with Gasteiger partial charge in [0.25, 0.3) is 0 Å². The summed E-state index contributed by atoms with van der Waals surface area (Å²) in [5, 5.41) is 11.7. The zero-order valence-corrected chi connectivity index (χ0v) is 18.7. The third-order valence-corrected chi connectivity index (χ3v) is 9.83. The summed E-state index contributed by atoms with van der Waals surface area (Å²) in [4.78, 5) is 23.6.